The van der Waals surface area contributed by atoms with E-state index in [1.54, 1.807) is 11.3 Å². The van der Waals surface area contributed by atoms with Gasteiger partial charge in [0, 0.05) is 6.54 Å². The number of aryl methyl sites for hydroxylation is 1. The van der Waals surface area contributed by atoms with Gasteiger partial charge < -0.3 is 10.2 Å². The van der Waals surface area contributed by atoms with E-state index in [1.165, 1.54) is 28.9 Å². The zero-order valence-corrected chi connectivity index (χ0v) is 15.4. The van der Waals surface area contributed by atoms with E-state index in [-0.39, 0.29) is 12.5 Å². The summed E-state index contributed by atoms with van der Waals surface area (Å²) < 4.78 is 0. The largest absolute Gasteiger partial charge is 0.337 e. The van der Waals surface area contributed by atoms with Crippen LogP contribution >= 0.6 is 11.3 Å². The molecule has 0 bridgehead atoms. The van der Waals surface area contributed by atoms with Gasteiger partial charge in [0.1, 0.15) is 6.54 Å². The minimum atomic E-state index is -0.392. The standard InChI is InChI=1S/C18H27N3O2S/c1-14-9-11-24-16(14)12-21(2)13-17(22)20-18(23)19-10-8-15-6-4-3-5-7-15/h6,9,11H,3-5,7-8,10,12-13H2,1-2H3,(H2,19,20,22,23)/p+1. The Morgan fingerprint density at radius 2 is 2.17 bits per heavy atom. The number of allylic oxidation sites excluding steroid dienone is 1. The summed E-state index contributed by atoms with van der Waals surface area (Å²) in [4.78, 5) is 26.1. The molecule has 1 atom stereocenters. The Morgan fingerprint density at radius 1 is 1.33 bits per heavy atom. The third-order valence-corrected chi connectivity index (χ3v) is 5.29. The van der Waals surface area contributed by atoms with Crippen molar-refractivity contribution in [3.63, 3.8) is 0 Å². The molecule has 6 heteroatoms. The number of likely N-dealkylation sites (N-methyl/N-ethyl adjacent to an activating group) is 1. The van der Waals surface area contributed by atoms with E-state index in [1.807, 2.05) is 7.05 Å². The molecule has 1 aromatic heterocycles. The highest BCUT2D eigenvalue weighted by Crippen LogP contribution is 2.19. The van der Waals surface area contributed by atoms with Crippen LogP contribution in [0, 0.1) is 6.92 Å². The normalized spacial score (nSPS) is 15.5. The van der Waals surface area contributed by atoms with Crippen molar-refractivity contribution in [2.24, 2.45) is 0 Å². The maximum Gasteiger partial charge on any atom is 0.321 e. The van der Waals surface area contributed by atoms with Gasteiger partial charge in [0.15, 0.2) is 6.54 Å². The van der Waals surface area contributed by atoms with Crippen molar-refractivity contribution < 1.29 is 14.5 Å². The van der Waals surface area contributed by atoms with Gasteiger partial charge >= 0.3 is 6.03 Å². The van der Waals surface area contributed by atoms with Gasteiger partial charge in [-0.15, -0.1) is 11.3 Å². The second-order valence-corrected chi connectivity index (χ2v) is 7.50. The van der Waals surface area contributed by atoms with Gasteiger partial charge in [-0.25, -0.2) is 4.79 Å². The first-order valence-corrected chi connectivity index (χ1v) is 9.52. The summed E-state index contributed by atoms with van der Waals surface area (Å²) in [6.07, 6.45) is 7.96. The van der Waals surface area contributed by atoms with E-state index in [4.69, 9.17) is 0 Å². The molecule has 1 unspecified atom stereocenters. The Bertz CT molecular complexity index is 595. The maximum absolute atomic E-state index is 11.9. The number of hydrogen-bond acceptors (Lipinski definition) is 3. The Hall–Kier alpha value is -1.66. The third-order valence-electron chi connectivity index (χ3n) is 4.26. The molecule has 0 aliphatic heterocycles. The Balaban J connectivity index is 1.63. The lowest BCUT2D eigenvalue weighted by Gasteiger charge is -2.14. The number of rotatable bonds is 7. The molecule has 5 nitrogen and oxygen atoms in total. The number of quaternary nitrogens is 1. The minimum Gasteiger partial charge on any atom is -0.337 e. The predicted molar refractivity (Wildman–Crippen MR) is 97.2 cm³/mol. The van der Waals surface area contributed by atoms with Gasteiger partial charge in [-0.3, -0.25) is 10.1 Å². The number of carbonyl (C=O) groups excluding carboxylic acids is 2. The zero-order valence-electron chi connectivity index (χ0n) is 14.6. The van der Waals surface area contributed by atoms with Gasteiger partial charge in [-0.05, 0) is 56.0 Å². The van der Waals surface area contributed by atoms with E-state index in [2.05, 4.69) is 35.1 Å². The molecule has 1 aliphatic carbocycles. The Kier molecular flexibility index (Phi) is 7.46. The van der Waals surface area contributed by atoms with Crippen LogP contribution in [0.1, 0.15) is 42.5 Å². The van der Waals surface area contributed by atoms with Gasteiger partial charge in [-0.2, -0.15) is 0 Å². The molecule has 0 saturated heterocycles. The SMILES string of the molecule is Cc1ccsc1C[NH+](C)CC(=O)NC(=O)NCCC1=CCCCC1. The summed E-state index contributed by atoms with van der Waals surface area (Å²) in [5, 5.41) is 7.25. The molecule has 3 N–H and O–H groups in total. The number of thiophene rings is 1. The van der Waals surface area contributed by atoms with Crippen molar-refractivity contribution in [3.05, 3.63) is 33.5 Å². The summed E-state index contributed by atoms with van der Waals surface area (Å²) >= 11 is 1.71. The summed E-state index contributed by atoms with van der Waals surface area (Å²) in [6, 6.07) is 1.69. The molecule has 0 radical (unpaired) electrons. The number of hydrogen-bond donors (Lipinski definition) is 3. The van der Waals surface area contributed by atoms with Crippen LogP contribution in [0.5, 0.6) is 0 Å². The fourth-order valence-electron chi connectivity index (χ4n) is 2.88. The topological polar surface area (TPSA) is 62.6 Å². The molecule has 1 aliphatic rings. The van der Waals surface area contributed by atoms with Crippen molar-refractivity contribution in [2.75, 3.05) is 20.1 Å². The summed E-state index contributed by atoms with van der Waals surface area (Å²) in [5.41, 5.74) is 2.68. The number of carbonyl (C=O) groups is 2. The quantitative estimate of drug-likeness (QED) is 0.657. The Morgan fingerprint density at radius 3 is 2.83 bits per heavy atom. The van der Waals surface area contributed by atoms with Crippen LogP contribution in [0.25, 0.3) is 0 Å². The molecule has 0 aromatic carbocycles. The van der Waals surface area contributed by atoms with Crippen molar-refractivity contribution in [2.45, 2.75) is 45.6 Å². The maximum atomic E-state index is 11.9. The average molecular weight is 351 g/mol. The van der Waals surface area contributed by atoms with E-state index >= 15 is 0 Å². The Labute approximate surface area is 148 Å². The van der Waals surface area contributed by atoms with Crippen LogP contribution in [0.2, 0.25) is 0 Å². The first-order chi connectivity index (χ1) is 11.5. The smallest absolute Gasteiger partial charge is 0.321 e. The fraction of sp³-hybridized carbons (Fsp3) is 0.556. The summed E-state index contributed by atoms with van der Waals surface area (Å²) in [6.45, 7) is 3.75. The first kappa shape index (κ1) is 18.7. The van der Waals surface area contributed by atoms with Crippen LogP contribution in [0.4, 0.5) is 4.79 Å². The van der Waals surface area contributed by atoms with Crippen LogP contribution in [-0.4, -0.2) is 32.1 Å². The minimum absolute atomic E-state index is 0.240. The van der Waals surface area contributed by atoms with Crippen LogP contribution in [0.3, 0.4) is 0 Å². The van der Waals surface area contributed by atoms with Gasteiger partial charge in [-0.1, -0.05) is 11.6 Å². The fourth-order valence-corrected chi connectivity index (χ4v) is 3.90. The summed E-state index contributed by atoms with van der Waals surface area (Å²) in [7, 11) is 1.96. The zero-order chi connectivity index (χ0) is 17.4. The lowest BCUT2D eigenvalue weighted by molar-refractivity contribution is -0.885. The van der Waals surface area contributed by atoms with Gasteiger partial charge in [0.2, 0.25) is 0 Å². The number of imide groups is 1. The molecule has 2 rings (SSSR count). The molecular weight excluding hydrogens is 322 g/mol. The van der Waals surface area contributed by atoms with E-state index in [0.29, 0.717) is 6.54 Å². The second kappa shape index (κ2) is 9.59. The molecule has 3 amide bonds. The van der Waals surface area contributed by atoms with Gasteiger partial charge in [0.25, 0.3) is 5.91 Å². The molecule has 1 heterocycles. The van der Waals surface area contributed by atoms with Crippen LogP contribution in [0.15, 0.2) is 23.1 Å². The highest BCUT2D eigenvalue weighted by Gasteiger charge is 2.15. The van der Waals surface area contributed by atoms with Crippen molar-refractivity contribution in [1.29, 1.82) is 0 Å². The van der Waals surface area contributed by atoms with Crippen molar-refractivity contribution in [1.82, 2.24) is 10.6 Å². The highest BCUT2D eigenvalue weighted by molar-refractivity contribution is 7.10. The van der Waals surface area contributed by atoms with Crippen molar-refractivity contribution in [3.8, 4) is 0 Å². The third kappa shape index (κ3) is 6.45. The monoisotopic (exact) mass is 350 g/mol. The van der Waals surface area contributed by atoms with Crippen LogP contribution < -0.4 is 15.5 Å². The number of urea groups is 1. The molecule has 132 valence electrons. The average Bonchev–Trinajstić information content (AvgIpc) is 2.93. The first-order valence-electron chi connectivity index (χ1n) is 8.64. The molecule has 1 aromatic rings. The highest BCUT2D eigenvalue weighted by atomic mass is 32.1. The summed E-state index contributed by atoms with van der Waals surface area (Å²) in [5.74, 6) is -0.240. The molecule has 0 spiro atoms. The van der Waals surface area contributed by atoms with E-state index in [9.17, 15) is 9.59 Å². The van der Waals surface area contributed by atoms with Crippen molar-refractivity contribution >= 4 is 23.3 Å². The van der Waals surface area contributed by atoms with Gasteiger partial charge in [0.05, 0.1) is 11.9 Å². The second-order valence-electron chi connectivity index (χ2n) is 6.50. The van der Waals surface area contributed by atoms with Crippen LogP contribution in [-0.2, 0) is 11.3 Å². The molecular formula is C18H28N3O2S+. The predicted octanol–water partition coefficient (Wildman–Crippen LogP) is 1.79. The lowest BCUT2D eigenvalue weighted by atomic mass is 9.97. The van der Waals surface area contributed by atoms with E-state index in [0.717, 1.165) is 30.7 Å². The molecule has 24 heavy (non-hydrogen) atoms. The molecule has 0 fully saturated rings. The number of nitrogens with one attached hydrogen (secondary N) is 3. The number of amides is 3. The van der Waals surface area contributed by atoms with E-state index < -0.39 is 6.03 Å². The lowest BCUT2D eigenvalue weighted by Crippen LogP contribution is -3.08. The molecule has 0 saturated carbocycles.